The molecule has 1 aliphatic rings. The van der Waals surface area contributed by atoms with E-state index in [0.717, 1.165) is 17.5 Å². The van der Waals surface area contributed by atoms with Gasteiger partial charge in [0.1, 0.15) is 18.3 Å². The average Bonchev–Trinajstić information content (AvgIpc) is 3.34. The van der Waals surface area contributed by atoms with E-state index in [1.54, 1.807) is 0 Å². The van der Waals surface area contributed by atoms with Crippen LogP contribution in [0.4, 0.5) is 5.82 Å². The molecule has 0 spiro atoms. The number of aromatic nitrogens is 4. The van der Waals surface area contributed by atoms with Crippen LogP contribution in [0.15, 0.2) is 30.6 Å². The fourth-order valence-corrected chi connectivity index (χ4v) is 4.01. The number of halogens is 1. The van der Waals surface area contributed by atoms with E-state index in [-0.39, 0.29) is 5.28 Å². The van der Waals surface area contributed by atoms with Crippen LogP contribution in [-0.4, -0.2) is 66.3 Å². The third kappa shape index (κ3) is 4.16. The number of anilines is 1. The van der Waals surface area contributed by atoms with Crippen molar-refractivity contribution in [3.8, 4) is 12.3 Å². The number of benzene rings is 1. The molecule has 0 unspecified atom stereocenters. The lowest BCUT2D eigenvalue weighted by Gasteiger charge is -2.24. The lowest BCUT2D eigenvalue weighted by atomic mass is 10.1. The molecule has 1 saturated heterocycles. The van der Waals surface area contributed by atoms with E-state index in [0.29, 0.717) is 30.1 Å². The van der Waals surface area contributed by atoms with Crippen molar-refractivity contribution in [1.82, 2.24) is 19.5 Å². The highest BCUT2D eigenvalue weighted by Crippen LogP contribution is 2.33. The Morgan fingerprint density at radius 2 is 1.97 bits per heavy atom. The van der Waals surface area contributed by atoms with Crippen molar-refractivity contribution in [2.45, 2.75) is 44.4 Å². The Morgan fingerprint density at radius 1 is 1.22 bits per heavy atom. The Balaban J connectivity index is 1.72. The number of rotatable bonds is 7. The Bertz CT molecular complexity index is 1130. The number of aliphatic hydroxyl groups excluding tert-OH is 3. The highest BCUT2D eigenvalue weighted by Gasteiger charge is 2.44. The highest BCUT2D eigenvalue weighted by atomic mass is 35.5. The fraction of sp³-hybridized carbons (Fsp3) is 0.409. The monoisotopic (exact) mass is 457 g/mol. The van der Waals surface area contributed by atoms with Gasteiger partial charge in [-0.25, -0.2) is 4.98 Å². The standard InChI is InChI=1S/C22H24ClN5O4/c1-3-9-27(10-14-7-5-13(4-2)6-8-14)19-16-20(26-22(23)25-19)28(12-24-16)21-18(31)17(30)15(11-29)32-21/h2,5-8,12,15,17-18,21,29-31H,3,9-11H2,1H3/t15-,17-,18-,21-/m1/s1. The lowest BCUT2D eigenvalue weighted by molar-refractivity contribution is -0.0511. The van der Waals surface area contributed by atoms with E-state index in [9.17, 15) is 15.3 Å². The molecule has 9 nitrogen and oxygen atoms in total. The first-order valence-electron chi connectivity index (χ1n) is 10.3. The first-order chi connectivity index (χ1) is 15.5. The van der Waals surface area contributed by atoms with Crippen LogP contribution in [0.25, 0.3) is 11.2 Å². The number of terminal acetylenes is 1. The van der Waals surface area contributed by atoms with E-state index < -0.39 is 31.1 Å². The number of ether oxygens (including phenoxy) is 1. The summed E-state index contributed by atoms with van der Waals surface area (Å²) < 4.78 is 7.13. The summed E-state index contributed by atoms with van der Waals surface area (Å²) in [6.07, 6.45) is 3.40. The van der Waals surface area contributed by atoms with Crippen LogP contribution in [0.3, 0.4) is 0 Å². The Labute approximate surface area is 190 Å². The van der Waals surface area contributed by atoms with Crippen LogP contribution in [-0.2, 0) is 11.3 Å². The summed E-state index contributed by atoms with van der Waals surface area (Å²) in [5.74, 6) is 3.16. The summed E-state index contributed by atoms with van der Waals surface area (Å²) in [5.41, 5.74) is 2.70. The molecular formula is C22H24ClN5O4. The van der Waals surface area contributed by atoms with Gasteiger partial charge in [-0.1, -0.05) is 25.0 Å². The van der Waals surface area contributed by atoms with Gasteiger partial charge in [-0.15, -0.1) is 6.42 Å². The van der Waals surface area contributed by atoms with Crippen molar-refractivity contribution >= 4 is 28.6 Å². The number of imidazole rings is 1. The van der Waals surface area contributed by atoms with Gasteiger partial charge >= 0.3 is 0 Å². The van der Waals surface area contributed by atoms with Crippen molar-refractivity contribution in [1.29, 1.82) is 0 Å². The first kappa shape index (κ1) is 22.5. The molecule has 32 heavy (non-hydrogen) atoms. The third-order valence-corrected chi connectivity index (χ3v) is 5.62. The van der Waals surface area contributed by atoms with Gasteiger partial charge in [0, 0.05) is 18.7 Å². The maximum Gasteiger partial charge on any atom is 0.226 e. The topological polar surface area (TPSA) is 117 Å². The number of nitrogens with zero attached hydrogens (tertiary/aromatic N) is 5. The zero-order chi connectivity index (χ0) is 22.8. The smallest absolute Gasteiger partial charge is 0.226 e. The molecule has 4 rings (SSSR count). The van der Waals surface area contributed by atoms with Crippen molar-refractivity contribution in [2.75, 3.05) is 18.1 Å². The molecule has 0 radical (unpaired) electrons. The zero-order valence-electron chi connectivity index (χ0n) is 17.5. The van der Waals surface area contributed by atoms with Crippen molar-refractivity contribution in [3.05, 3.63) is 47.0 Å². The van der Waals surface area contributed by atoms with Gasteiger partial charge in [-0.05, 0) is 35.7 Å². The molecule has 3 N–H and O–H groups in total. The van der Waals surface area contributed by atoms with Crippen molar-refractivity contribution in [3.63, 3.8) is 0 Å². The molecule has 10 heteroatoms. The van der Waals surface area contributed by atoms with Gasteiger partial charge in [0.05, 0.1) is 12.9 Å². The van der Waals surface area contributed by atoms with Crippen LogP contribution < -0.4 is 4.90 Å². The fourth-order valence-electron chi connectivity index (χ4n) is 3.85. The molecule has 1 aromatic carbocycles. The lowest BCUT2D eigenvalue weighted by Crippen LogP contribution is -2.33. The summed E-state index contributed by atoms with van der Waals surface area (Å²) in [4.78, 5) is 15.2. The molecule has 0 amide bonds. The van der Waals surface area contributed by atoms with Crippen molar-refractivity contribution < 1.29 is 20.1 Å². The number of hydrogen-bond donors (Lipinski definition) is 3. The largest absolute Gasteiger partial charge is 0.394 e. The summed E-state index contributed by atoms with van der Waals surface area (Å²) >= 11 is 6.26. The van der Waals surface area contributed by atoms with Crippen LogP contribution in [0.2, 0.25) is 5.28 Å². The summed E-state index contributed by atoms with van der Waals surface area (Å²) in [7, 11) is 0. The van der Waals surface area contributed by atoms with E-state index in [1.807, 2.05) is 24.3 Å². The van der Waals surface area contributed by atoms with Gasteiger partial charge in [0.25, 0.3) is 0 Å². The molecule has 0 bridgehead atoms. The third-order valence-electron chi connectivity index (χ3n) is 5.45. The Kier molecular flexibility index (Phi) is 6.60. The van der Waals surface area contributed by atoms with Gasteiger partial charge in [-0.2, -0.15) is 9.97 Å². The summed E-state index contributed by atoms with van der Waals surface area (Å²) in [6.45, 7) is 2.89. The Morgan fingerprint density at radius 3 is 2.59 bits per heavy atom. The predicted octanol–water partition coefficient (Wildman–Crippen LogP) is 1.49. The molecule has 2 aromatic heterocycles. The van der Waals surface area contributed by atoms with E-state index in [2.05, 4.69) is 32.7 Å². The first-order valence-corrected chi connectivity index (χ1v) is 10.7. The van der Waals surface area contributed by atoms with Gasteiger partial charge in [-0.3, -0.25) is 4.57 Å². The number of hydrogen-bond acceptors (Lipinski definition) is 8. The molecule has 4 atom stereocenters. The van der Waals surface area contributed by atoms with Gasteiger partial charge in [0.15, 0.2) is 23.2 Å². The molecule has 0 saturated carbocycles. The second-order valence-electron chi connectivity index (χ2n) is 7.63. The van der Waals surface area contributed by atoms with Gasteiger partial charge < -0.3 is 25.0 Å². The number of aliphatic hydroxyl groups is 3. The molecule has 3 aromatic rings. The minimum Gasteiger partial charge on any atom is -0.394 e. The highest BCUT2D eigenvalue weighted by molar-refractivity contribution is 6.28. The maximum absolute atomic E-state index is 10.4. The molecular weight excluding hydrogens is 434 g/mol. The molecule has 1 fully saturated rings. The second-order valence-corrected chi connectivity index (χ2v) is 7.97. The van der Waals surface area contributed by atoms with Crippen LogP contribution in [0.1, 0.15) is 30.7 Å². The SMILES string of the molecule is C#Cc1ccc(CN(CCC)c2nc(Cl)nc3c2ncn3[C@@H]2O[C@H](CO)[C@@H](O)[C@H]2O)cc1. The average molecular weight is 458 g/mol. The molecule has 1 aliphatic heterocycles. The minimum atomic E-state index is -1.26. The predicted molar refractivity (Wildman–Crippen MR) is 119 cm³/mol. The van der Waals surface area contributed by atoms with Crippen molar-refractivity contribution in [2.24, 2.45) is 0 Å². The minimum absolute atomic E-state index is 0.0183. The quantitative estimate of drug-likeness (QED) is 0.361. The molecule has 168 valence electrons. The van der Waals surface area contributed by atoms with Gasteiger partial charge in [0.2, 0.25) is 5.28 Å². The Hall–Kier alpha value is -2.74. The van der Waals surface area contributed by atoms with E-state index in [4.69, 9.17) is 22.8 Å². The van der Waals surface area contributed by atoms with Crippen LogP contribution in [0.5, 0.6) is 0 Å². The zero-order valence-corrected chi connectivity index (χ0v) is 18.2. The number of fused-ring (bicyclic) bond motifs is 1. The normalized spacial score (nSPS) is 22.9. The summed E-state index contributed by atoms with van der Waals surface area (Å²) in [5, 5.41) is 30.0. The van der Waals surface area contributed by atoms with Crippen LogP contribution >= 0.6 is 11.6 Å². The molecule has 0 aliphatic carbocycles. The maximum atomic E-state index is 10.4. The van der Waals surface area contributed by atoms with E-state index in [1.165, 1.54) is 10.9 Å². The van der Waals surface area contributed by atoms with E-state index >= 15 is 0 Å². The summed E-state index contributed by atoms with van der Waals surface area (Å²) in [6, 6.07) is 7.71. The second kappa shape index (κ2) is 9.40. The van der Waals surface area contributed by atoms with Crippen LogP contribution in [0, 0.1) is 12.3 Å². The molecule has 3 heterocycles.